The fourth-order valence-corrected chi connectivity index (χ4v) is 4.69. The first-order chi connectivity index (χ1) is 14.2. The summed E-state index contributed by atoms with van der Waals surface area (Å²) in [4.78, 5) is 17.2. The smallest absolute Gasteiger partial charge is 0.274 e. The fourth-order valence-electron chi connectivity index (χ4n) is 2.63. The maximum absolute atomic E-state index is 14.3. The number of halogens is 4. The van der Waals surface area contributed by atoms with Gasteiger partial charge in [-0.25, -0.2) is 22.5 Å². The summed E-state index contributed by atoms with van der Waals surface area (Å²) in [5.41, 5.74) is 0.482. The lowest BCUT2D eigenvalue weighted by Gasteiger charge is -2.16. The quantitative estimate of drug-likeness (QED) is 0.339. The molecule has 9 heteroatoms. The number of thioether (sulfide) groups is 1. The minimum Gasteiger partial charge on any atom is -0.347 e. The van der Waals surface area contributed by atoms with Crippen molar-refractivity contribution < 1.29 is 22.4 Å². The first-order valence-electron chi connectivity index (χ1n) is 9.01. The zero-order valence-electron chi connectivity index (χ0n) is 15.9. The molecule has 1 N–H and O–H groups in total. The van der Waals surface area contributed by atoms with Crippen LogP contribution in [0.2, 0.25) is 0 Å². The number of hydrogen-bond acceptors (Lipinski definition) is 4. The van der Waals surface area contributed by atoms with E-state index in [-0.39, 0.29) is 29.6 Å². The van der Waals surface area contributed by atoms with Crippen LogP contribution >= 0.6 is 23.1 Å². The molecular weight excluding hydrogens is 436 g/mol. The third-order valence-electron chi connectivity index (χ3n) is 4.20. The molecule has 0 saturated carbocycles. The molecule has 3 aromatic rings. The highest BCUT2D eigenvalue weighted by Gasteiger charge is 2.31. The second-order valence-corrected chi connectivity index (χ2v) is 8.77. The van der Waals surface area contributed by atoms with Gasteiger partial charge in [-0.05, 0) is 36.8 Å². The predicted molar refractivity (Wildman–Crippen MR) is 110 cm³/mol. The molecule has 0 aliphatic carbocycles. The van der Waals surface area contributed by atoms with E-state index in [2.05, 4.69) is 10.3 Å². The Morgan fingerprint density at radius 2 is 1.67 bits per heavy atom. The zero-order valence-corrected chi connectivity index (χ0v) is 17.6. The Hall–Kier alpha value is -2.39. The Balaban J connectivity index is 1.59. The second-order valence-electron chi connectivity index (χ2n) is 6.49. The van der Waals surface area contributed by atoms with Crippen molar-refractivity contribution in [2.24, 2.45) is 0 Å². The molecular formula is C21H18F4N2OS2. The molecule has 0 unspecified atom stereocenters. The van der Waals surface area contributed by atoms with Gasteiger partial charge in [-0.1, -0.05) is 24.3 Å². The van der Waals surface area contributed by atoms with Gasteiger partial charge < -0.3 is 5.32 Å². The highest BCUT2D eigenvalue weighted by molar-refractivity contribution is 7.99. The van der Waals surface area contributed by atoms with Crippen LogP contribution in [0.25, 0.3) is 0 Å². The van der Waals surface area contributed by atoms with Gasteiger partial charge in [0.25, 0.3) is 11.8 Å². The van der Waals surface area contributed by atoms with Crippen molar-refractivity contribution in [3.63, 3.8) is 0 Å². The third kappa shape index (κ3) is 5.82. The fraction of sp³-hybridized carbons (Fsp3) is 0.238. The van der Waals surface area contributed by atoms with Gasteiger partial charge in [0.1, 0.15) is 21.5 Å². The molecule has 0 aliphatic heterocycles. The summed E-state index contributed by atoms with van der Waals surface area (Å²) in [5, 5.41) is 3.78. The average Bonchev–Trinajstić information content (AvgIpc) is 3.08. The van der Waals surface area contributed by atoms with Crippen LogP contribution < -0.4 is 5.32 Å². The number of carbonyl (C=O) groups is 1. The van der Waals surface area contributed by atoms with Crippen molar-refractivity contribution in [3.05, 3.63) is 81.2 Å². The molecule has 0 aliphatic rings. The number of rotatable bonds is 8. The molecule has 30 heavy (non-hydrogen) atoms. The van der Waals surface area contributed by atoms with E-state index >= 15 is 0 Å². The number of benzene rings is 2. The van der Waals surface area contributed by atoms with Crippen LogP contribution in [0.5, 0.6) is 0 Å². The Morgan fingerprint density at radius 3 is 2.30 bits per heavy atom. The average molecular weight is 455 g/mol. The molecule has 0 radical (unpaired) electrons. The normalized spacial score (nSPS) is 11.5. The number of carbonyl (C=O) groups excluding carboxylic acids is 1. The SMILES string of the molecule is Cc1nc(SCCC(F)(F)c2ccc(F)cc2)c(C(=O)NCc2ccc(F)cc2)s1. The van der Waals surface area contributed by atoms with Crippen molar-refractivity contribution in [3.8, 4) is 0 Å². The maximum atomic E-state index is 14.3. The van der Waals surface area contributed by atoms with E-state index in [1.807, 2.05) is 0 Å². The summed E-state index contributed by atoms with van der Waals surface area (Å²) in [5.74, 6) is -4.38. The first kappa shape index (κ1) is 22.3. The van der Waals surface area contributed by atoms with E-state index < -0.39 is 18.2 Å². The van der Waals surface area contributed by atoms with Crippen LogP contribution in [-0.4, -0.2) is 16.6 Å². The molecule has 2 aromatic carbocycles. The van der Waals surface area contributed by atoms with Crippen LogP contribution in [0.15, 0.2) is 53.6 Å². The van der Waals surface area contributed by atoms with Gasteiger partial charge in [0, 0.05) is 24.3 Å². The van der Waals surface area contributed by atoms with Gasteiger partial charge in [-0.15, -0.1) is 23.1 Å². The minimum absolute atomic E-state index is 0.0335. The number of aryl methyl sites for hydroxylation is 1. The van der Waals surface area contributed by atoms with Crippen molar-refractivity contribution in [1.82, 2.24) is 10.3 Å². The highest BCUT2D eigenvalue weighted by atomic mass is 32.2. The Labute approximate surface area is 179 Å². The lowest BCUT2D eigenvalue weighted by Crippen LogP contribution is -2.22. The van der Waals surface area contributed by atoms with Crippen molar-refractivity contribution >= 4 is 29.0 Å². The standard InChI is InChI=1S/C21H18F4N2OS2/c1-13-27-20(29-11-10-21(24,25)15-4-8-17(23)9-5-15)18(30-13)19(28)26-12-14-2-6-16(22)7-3-14/h2-9H,10-12H2,1H3,(H,26,28). The van der Waals surface area contributed by atoms with Crippen molar-refractivity contribution in [2.75, 3.05) is 5.75 Å². The summed E-state index contributed by atoms with van der Waals surface area (Å²) in [6.45, 7) is 1.95. The Bertz CT molecular complexity index is 1000. The Kier molecular flexibility index (Phi) is 7.14. The summed E-state index contributed by atoms with van der Waals surface area (Å²) >= 11 is 2.26. The van der Waals surface area contributed by atoms with E-state index in [4.69, 9.17) is 0 Å². The van der Waals surface area contributed by atoms with E-state index in [0.29, 0.717) is 14.9 Å². The van der Waals surface area contributed by atoms with Gasteiger partial charge in [0.2, 0.25) is 0 Å². The number of hydrogen-bond donors (Lipinski definition) is 1. The maximum Gasteiger partial charge on any atom is 0.274 e. The summed E-state index contributed by atoms with van der Waals surface area (Å²) in [6, 6.07) is 9.90. The number of nitrogens with one attached hydrogen (secondary N) is 1. The number of nitrogens with zero attached hydrogens (tertiary/aromatic N) is 1. The third-order valence-corrected chi connectivity index (χ3v) is 6.27. The van der Waals surface area contributed by atoms with E-state index in [0.717, 1.165) is 41.6 Å². The number of amides is 1. The lowest BCUT2D eigenvalue weighted by atomic mass is 10.1. The zero-order chi connectivity index (χ0) is 21.7. The second kappa shape index (κ2) is 9.61. The van der Waals surface area contributed by atoms with Crippen LogP contribution in [0.4, 0.5) is 17.6 Å². The van der Waals surface area contributed by atoms with Crippen molar-refractivity contribution in [1.29, 1.82) is 0 Å². The first-order valence-corrected chi connectivity index (χ1v) is 10.8. The van der Waals surface area contributed by atoms with E-state index in [9.17, 15) is 22.4 Å². The summed E-state index contributed by atoms with van der Waals surface area (Å²) < 4.78 is 54.6. The molecule has 158 valence electrons. The summed E-state index contributed by atoms with van der Waals surface area (Å²) in [7, 11) is 0. The van der Waals surface area contributed by atoms with Crippen molar-refractivity contribution in [2.45, 2.75) is 30.8 Å². The minimum atomic E-state index is -3.11. The molecule has 3 rings (SSSR count). The topological polar surface area (TPSA) is 42.0 Å². The van der Waals surface area contributed by atoms with Gasteiger partial charge in [-0.3, -0.25) is 4.79 Å². The predicted octanol–water partition coefficient (Wildman–Crippen LogP) is 5.93. The molecule has 3 nitrogen and oxygen atoms in total. The van der Waals surface area contributed by atoms with Gasteiger partial charge in [0.15, 0.2) is 0 Å². The molecule has 0 bridgehead atoms. The molecule has 1 heterocycles. The number of aromatic nitrogens is 1. The van der Waals surface area contributed by atoms with Crippen LogP contribution in [0.3, 0.4) is 0 Å². The van der Waals surface area contributed by atoms with Gasteiger partial charge >= 0.3 is 0 Å². The monoisotopic (exact) mass is 454 g/mol. The number of alkyl halides is 2. The van der Waals surface area contributed by atoms with Crippen LogP contribution in [0.1, 0.15) is 32.2 Å². The molecule has 0 atom stereocenters. The van der Waals surface area contributed by atoms with E-state index in [1.165, 1.54) is 23.5 Å². The molecule has 1 aromatic heterocycles. The van der Waals surface area contributed by atoms with Gasteiger partial charge in [0.05, 0.1) is 5.01 Å². The molecule has 0 fully saturated rings. The molecule has 1 amide bonds. The summed E-state index contributed by atoms with van der Waals surface area (Å²) in [6.07, 6.45) is -0.476. The van der Waals surface area contributed by atoms with Gasteiger partial charge in [-0.2, -0.15) is 0 Å². The largest absolute Gasteiger partial charge is 0.347 e. The van der Waals surface area contributed by atoms with E-state index in [1.54, 1.807) is 19.1 Å². The molecule has 0 spiro atoms. The highest BCUT2D eigenvalue weighted by Crippen LogP contribution is 2.35. The lowest BCUT2D eigenvalue weighted by molar-refractivity contribution is -0.00707. The Morgan fingerprint density at radius 1 is 1.07 bits per heavy atom. The number of thiazole rings is 1. The molecule has 0 saturated heterocycles. The van der Waals surface area contributed by atoms with Crippen LogP contribution in [0, 0.1) is 18.6 Å². The van der Waals surface area contributed by atoms with Crippen LogP contribution in [-0.2, 0) is 12.5 Å².